The molecule has 0 spiro atoms. The zero-order valence-electron chi connectivity index (χ0n) is 12.8. The molecule has 1 amide bonds. The molecule has 1 N–H and O–H groups in total. The highest BCUT2D eigenvalue weighted by atomic mass is 79.9. The molecular weight excluding hydrogens is 444 g/mol. The molecule has 2 aromatic heterocycles. The first-order valence-corrected chi connectivity index (χ1v) is 8.14. The average Bonchev–Trinajstić information content (AvgIpc) is 2.85. The van der Waals surface area contributed by atoms with Gasteiger partial charge in [-0.25, -0.2) is 13.9 Å². The molecule has 0 bridgehead atoms. The number of carbonyl (C=O) groups excluding carboxylic acids is 1. The molecule has 3 rings (SSSR count). The summed E-state index contributed by atoms with van der Waals surface area (Å²) < 4.78 is 54.3. The summed E-state index contributed by atoms with van der Waals surface area (Å²) in [6, 6.07) is 4.67. The molecule has 1 aromatic carbocycles. The Morgan fingerprint density at radius 1 is 1.31 bits per heavy atom. The molecule has 136 valence electrons. The average molecular weight is 452 g/mol. The molecule has 26 heavy (non-hydrogen) atoms. The van der Waals surface area contributed by atoms with Gasteiger partial charge in [-0.15, -0.1) is 0 Å². The number of alkyl halides is 3. The van der Waals surface area contributed by atoms with Crippen LogP contribution < -0.4 is 5.32 Å². The number of nitrogens with zero attached hydrogens (tertiary/aromatic N) is 3. The predicted molar refractivity (Wildman–Crippen MR) is 89.8 cm³/mol. The van der Waals surface area contributed by atoms with E-state index in [4.69, 9.17) is 11.6 Å². The summed E-state index contributed by atoms with van der Waals surface area (Å²) in [6.07, 6.45) is -4.73. The minimum absolute atomic E-state index is 0.0533. The van der Waals surface area contributed by atoms with Gasteiger partial charge >= 0.3 is 6.18 Å². The first-order chi connectivity index (χ1) is 12.1. The Kier molecular flexibility index (Phi) is 4.65. The molecule has 0 aliphatic rings. The Morgan fingerprint density at radius 3 is 2.62 bits per heavy atom. The van der Waals surface area contributed by atoms with E-state index in [2.05, 4.69) is 31.3 Å². The SMILES string of the molecule is Cc1cc(C(F)(F)F)n2nc(C(=O)Nc3ccc(Br)cc3F)c(Cl)c2n1. The quantitative estimate of drug-likeness (QED) is 0.566. The molecule has 0 saturated carbocycles. The van der Waals surface area contributed by atoms with Crippen molar-refractivity contribution in [3.63, 3.8) is 0 Å². The smallest absolute Gasteiger partial charge is 0.318 e. The van der Waals surface area contributed by atoms with Gasteiger partial charge in [-0.05, 0) is 31.2 Å². The number of hydrogen-bond donors (Lipinski definition) is 1. The number of nitrogens with one attached hydrogen (secondary N) is 1. The number of benzene rings is 1. The van der Waals surface area contributed by atoms with Gasteiger partial charge in [0.2, 0.25) is 0 Å². The largest absolute Gasteiger partial charge is 0.433 e. The van der Waals surface area contributed by atoms with Crippen LogP contribution in [0.3, 0.4) is 0 Å². The first kappa shape index (κ1) is 18.6. The number of hydrogen-bond acceptors (Lipinski definition) is 3. The maximum atomic E-state index is 13.8. The van der Waals surface area contributed by atoms with Crippen molar-refractivity contribution in [3.05, 3.63) is 56.7 Å². The molecule has 0 unspecified atom stereocenters. The van der Waals surface area contributed by atoms with Crippen LogP contribution >= 0.6 is 27.5 Å². The third-order valence-electron chi connectivity index (χ3n) is 3.35. The van der Waals surface area contributed by atoms with Crippen LogP contribution in [0.2, 0.25) is 5.02 Å². The third kappa shape index (κ3) is 3.38. The van der Waals surface area contributed by atoms with Crippen LogP contribution in [0.4, 0.5) is 23.2 Å². The topological polar surface area (TPSA) is 59.3 Å². The van der Waals surface area contributed by atoms with E-state index in [-0.39, 0.29) is 22.1 Å². The van der Waals surface area contributed by atoms with Crippen molar-refractivity contribution in [1.29, 1.82) is 0 Å². The Labute approximate surface area is 157 Å². The van der Waals surface area contributed by atoms with E-state index in [9.17, 15) is 22.4 Å². The third-order valence-corrected chi connectivity index (χ3v) is 4.19. The molecule has 0 aliphatic carbocycles. The summed E-state index contributed by atoms with van der Waals surface area (Å²) in [7, 11) is 0. The van der Waals surface area contributed by atoms with Gasteiger partial charge in [0.1, 0.15) is 16.5 Å². The molecule has 0 saturated heterocycles. The fraction of sp³-hybridized carbons (Fsp3) is 0.133. The minimum Gasteiger partial charge on any atom is -0.318 e. The fourth-order valence-electron chi connectivity index (χ4n) is 2.23. The highest BCUT2D eigenvalue weighted by Gasteiger charge is 2.36. The van der Waals surface area contributed by atoms with Crippen molar-refractivity contribution >= 4 is 44.8 Å². The maximum Gasteiger partial charge on any atom is 0.433 e. The van der Waals surface area contributed by atoms with Gasteiger partial charge in [-0.1, -0.05) is 27.5 Å². The van der Waals surface area contributed by atoms with Gasteiger partial charge in [-0.3, -0.25) is 4.79 Å². The van der Waals surface area contributed by atoms with Gasteiger partial charge in [0, 0.05) is 10.2 Å². The second-order valence-corrected chi connectivity index (χ2v) is 6.55. The first-order valence-electron chi connectivity index (χ1n) is 6.97. The van der Waals surface area contributed by atoms with Crippen molar-refractivity contribution in [2.24, 2.45) is 0 Å². The van der Waals surface area contributed by atoms with Crippen molar-refractivity contribution in [2.75, 3.05) is 5.32 Å². The summed E-state index contributed by atoms with van der Waals surface area (Å²) in [5.74, 6) is -1.70. The number of anilines is 1. The standard InChI is InChI=1S/C15H8BrClF4N4O/c1-6-4-10(15(19,20)21)25-13(22-6)11(17)12(24-25)14(26)23-9-3-2-7(16)5-8(9)18/h2-5H,1H3,(H,23,26). The number of amides is 1. The molecule has 2 heterocycles. The number of fused-ring (bicyclic) bond motifs is 1. The van der Waals surface area contributed by atoms with Crippen LogP contribution in [-0.4, -0.2) is 20.5 Å². The van der Waals surface area contributed by atoms with Crippen molar-refractivity contribution in [2.45, 2.75) is 13.1 Å². The predicted octanol–water partition coefficient (Wildman–Crippen LogP) is 4.86. The van der Waals surface area contributed by atoms with Crippen molar-refractivity contribution in [1.82, 2.24) is 14.6 Å². The van der Waals surface area contributed by atoms with Crippen LogP contribution in [0, 0.1) is 12.7 Å². The molecule has 11 heteroatoms. The highest BCUT2D eigenvalue weighted by Crippen LogP contribution is 2.32. The van der Waals surface area contributed by atoms with Crippen LogP contribution in [0.1, 0.15) is 21.9 Å². The Morgan fingerprint density at radius 2 is 2.00 bits per heavy atom. The molecule has 0 aliphatic heterocycles. The van der Waals surface area contributed by atoms with E-state index in [1.807, 2.05) is 0 Å². The summed E-state index contributed by atoms with van der Waals surface area (Å²) in [5, 5.41) is 5.48. The van der Waals surface area contributed by atoms with Crippen LogP contribution in [0.25, 0.3) is 5.65 Å². The van der Waals surface area contributed by atoms with Gasteiger partial charge in [0.05, 0.1) is 5.69 Å². The number of aryl methyl sites for hydroxylation is 1. The zero-order chi connectivity index (χ0) is 19.2. The second kappa shape index (κ2) is 6.51. The molecule has 3 aromatic rings. The van der Waals surface area contributed by atoms with Gasteiger partial charge in [0.25, 0.3) is 5.91 Å². The number of rotatable bonds is 2. The molecular formula is C15H8BrClF4N4O. The van der Waals surface area contributed by atoms with Gasteiger partial charge < -0.3 is 5.32 Å². The Bertz CT molecular complexity index is 1030. The Hall–Kier alpha value is -2.20. The van der Waals surface area contributed by atoms with Crippen molar-refractivity contribution < 1.29 is 22.4 Å². The fourth-order valence-corrected chi connectivity index (χ4v) is 2.81. The van der Waals surface area contributed by atoms with E-state index in [0.717, 1.165) is 12.1 Å². The summed E-state index contributed by atoms with van der Waals surface area (Å²) >= 11 is 9.07. The van der Waals surface area contributed by atoms with E-state index >= 15 is 0 Å². The van der Waals surface area contributed by atoms with E-state index in [1.165, 1.54) is 19.1 Å². The highest BCUT2D eigenvalue weighted by molar-refractivity contribution is 9.10. The molecule has 5 nitrogen and oxygen atoms in total. The molecule has 0 fully saturated rings. The van der Waals surface area contributed by atoms with Crippen LogP contribution in [0.15, 0.2) is 28.7 Å². The second-order valence-electron chi connectivity index (χ2n) is 5.26. The van der Waals surface area contributed by atoms with Crippen LogP contribution in [-0.2, 0) is 6.18 Å². The maximum absolute atomic E-state index is 13.8. The lowest BCUT2D eigenvalue weighted by atomic mass is 10.3. The molecule has 0 atom stereocenters. The van der Waals surface area contributed by atoms with Gasteiger partial charge in [-0.2, -0.15) is 18.3 Å². The summed E-state index contributed by atoms with van der Waals surface area (Å²) in [4.78, 5) is 16.2. The lowest BCUT2D eigenvalue weighted by molar-refractivity contribution is -0.142. The lowest BCUT2D eigenvalue weighted by Crippen LogP contribution is -2.16. The number of carbonyl (C=O) groups is 1. The zero-order valence-corrected chi connectivity index (χ0v) is 15.2. The summed E-state index contributed by atoms with van der Waals surface area (Å²) in [5.41, 5.74) is -2.07. The van der Waals surface area contributed by atoms with E-state index < -0.39 is 29.3 Å². The minimum atomic E-state index is -4.73. The lowest BCUT2D eigenvalue weighted by Gasteiger charge is -2.09. The molecule has 0 radical (unpaired) electrons. The normalized spacial score (nSPS) is 11.8. The van der Waals surface area contributed by atoms with Crippen LogP contribution in [0.5, 0.6) is 0 Å². The van der Waals surface area contributed by atoms with Gasteiger partial charge in [0.15, 0.2) is 11.3 Å². The number of halogens is 6. The monoisotopic (exact) mass is 450 g/mol. The van der Waals surface area contributed by atoms with Crippen molar-refractivity contribution in [3.8, 4) is 0 Å². The summed E-state index contributed by atoms with van der Waals surface area (Å²) in [6.45, 7) is 1.36. The van der Waals surface area contributed by atoms with E-state index in [1.54, 1.807) is 0 Å². The number of aromatic nitrogens is 3. The Balaban J connectivity index is 2.08. The van der Waals surface area contributed by atoms with E-state index in [0.29, 0.717) is 8.99 Å².